The largest absolute Gasteiger partial charge is 0.332 e. The second-order valence-electron chi connectivity index (χ2n) is 6.92. The Morgan fingerprint density at radius 3 is 2.09 bits per heavy atom. The van der Waals surface area contributed by atoms with Gasteiger partial charge in [0, 0.05) is 28.9 Å². The molecule has 166 valence electrons. The molecule has 7 nitrogen and oxygen atoms in total. The van der Waals surface area contributed by atoms with Crippen molar-refractivity contribution in [3.63, 3.8) is 0 Å². The number of benzene rings is 3. The van der Waals surface area contributed by atoms with Crippen LogP contribution in [0.3, 0.4) is 0 Å². The van der Waals surface area contributed by atoms with Crippen molar-refractivity contribution < 1.29 is 18.5 Å². The summed E-state index contributed by atoms with van der Waals surface area (Å²) in [4.78, 5) is 30.2. The summed E-state index contributed by atoms with van der Waals surface area (Å²) < 4.78 is 26.8. The number of thioether (sulfide) groups is 1. The monoisotopic (exact) mass is 466 g/mol. The van der Waals surface area contributed by atoms with Crippen molar-refractivity contribution in [3.05, 3.63) is 94.5 Å². The van der Waals surface area contributed by atoms with Crippen LogP contribution >= 0.6 is 11.8 Å². The van der Waals surface area contributed by atoms with E-state index in [2.05, 4.69) is 15.3 Å². The van der Waals surface area contributed by atoms with Crippen LogP contribution in [-0.4, -0.2) is 26.6 Å². The van der Waals surface area contributed by atoms with Gasteiger partial charge in [-0.2, -0.15) is 0 Å². The molecule has 0 aliphatic rings. The molecular weight excluding hydrogens is 450 g/mol. The van der Waals surface area contributed by atoms with Gasteiger partial charge >= 0.3 is 0 Å². The van der Waals surface area contributed by atoms with Crippen molar-refractivity contribution in [1.82, 2.24) is 9.97 Å². The standard InChI is InChI=1S/C23H16F2N4O3S/c24-16-5-1-14(2-6-16)21-22(15-3-7-17(25)8-4-15)28-23(27-21)33-13-20(30)26-18-9-11-19(12-10-18)29(31)32/h1-12H,13H2,(H,26,30)(H,27,28). The van der Waals surface area contributed by atoms with Crippen LogP contribution in [-0.2, 0) is 4.79 Å². The summed E-state index contributed by atoms with van der Waals surface area (Å²) in [6.45, 7) is 0. The number of hydrogen-bond acceptors (Lipinski definition) is 5. The molecule has 1 heterocycles. The number of non-ortho nitro benzene ring substituents is 1. The van der Waals surface area contributed by atoms with E-state index in [1.165, 1.54) is 48.5 Å². The highest BCUT2D eigenvalue weighted by Crippen LogP contribution is 2.33. The molecule has 10 heteroatoms. The number of halogens is 2. The number of hydrogen-bond donors (Lipinski definition) is 2. The molecule has 1 aromatic heterocycles. The normalized spacial score (nSPS) is 10.7. The molecular formula is C23H16F2N4O3S. The Morgan fingerprint density at radius 1 is 0.939 bits per heavy atom. The Morgan fingerprint density at radius 2 is 1.52 bits per heavy atom. The Labute approximate surface area is 191 Å². The van der Waals surface area contributed by atoms with Gasteiger partial charge in [-0.25, -0.2) is 13.8 Å². The zero-order valence-electron chi connectivity index (χ0n) is 16.9. The first-order valence-electron chi connectivity index (χ1n) is 9.68. The summed E-state index contributed by atoms with van der Waals surface area (Å²) >= 11 is 1.15. The van der Waals surface area contributed by atoms with E-state index in [1.54, 1.807) is 24.3 Å². The van der Waals surface area contributed by atoms with Gasteiger partial charge in [-0.1, -0.05) is 11.8 Å². The fourth-order valence-corrected chi connectivity index (χ4v) is 3.73. The lowest BCUT2D eigenvalue weighted by molar-refractivity contribution is -0.384. The number of rotatable bonds is 7. The van der Waals surface area contributed by atoms with E-state index in [0.29, 0.717) is 33.4 Å². The summed E-state index contributed by atoms with van der Waals surface area (Å²) in [6, 6.07) is 17.2. The van der Waals surface area contributed by atoms with E-state index in [4.69, 9.17) is 0 Å². The molecule has 0 unspecified atom stereocenters. The van der Waals surface area contributed by atoms with Crippen LogP contribution in [0.4, 0.5) is 20.2 Å². The predicted molar refractivity (Wildman–Crippen MR) is 122 cm³/mol. The summed E-state index contributed by atoms with van der Waals surface area (Å²) in [5, 5.41) is 13.8. The third kappa shape index (κ3) is 5.42. The minimum absolute atomic E-state index is 0.0240. The number of nitrogens with one attached hydrogen (secondary N) is 2. The molecule has 0 atom stereocenters. The van der Waals surface area contributed by atoms with Crippen molar-refractivity contribution in [2.24, 2.45) is 0 Å². The molecule has 0 aliphatic heterocycles. The smallest absolute Gasteiger partial charge is 0.269 e. The number of nitro groups is 1. The number of imidazole rings is 1. The van der Waals surface area contributed by atoms with Crippen molar-refractivity contribution in [2.45, 2.75) is 5.16 Å². The SMILES string of the molecule is O=C(CSc1nc(-c2ccc(F)cc2)c(-c2ccc(F)cc2)[nH]1)Nc1ccc([N+](=O)[O-])cc1. The number of nitro benzene ring substituents is 1. The van der Waals surface area contributed by atoms with Gasteiger partial charge in [0.25, 0.3) is 5.69 Å². The second kappa shape index (κ2) is 9.61. The van der Waals surface area contributed by atoms with Crippen LogP contribution in [0.1, 0.15) is 0 Å². The Kier molecular flexibility index (Phi) is 6.45. The van der Waals surface area contributed by atoms with Crippen molar-refractivity contribution in [1.29, 1.82) is 0 Å². The fourth-order valence-electron chi connectivity index (χ4n) is 3.06. The number of H-pyrrole nitrogens is 1. The van der Waals surface area contributed by atoms with Gasteiger partial charge in [0.05, 0.1) is 22.1 Å². The highest BCUT2D eigenvalue weighted by atomic mass is 32.2. The maximum Gasteiger partial charge on any atom is 0.269 e. The van der Waals surface area contributed by atoms with Crippen LogP contribution in [0.25, 0.3) is 22.5 Å². The second-order valence-corrected chi connectivity index (χ2v) is 7.88. The van der Waals surface area contributed by atoms with Gasteiger partial charge < -0.3 is 10.3 Å². The molecule has 2 N–H and O–H groups in total. The molecule has 0 spiro atoms. The minimum atomic E-state index is -0.518. The number of carbonyl (C=O) groups excluding carboxylic acids is 1. The zero-order valence-corrected chi connectivity index (χ0v) is 17.7. The summed E-state index contributed by atoms with van der Waals surface area (Å²) in [6.07, 6.45) is 0. The van der Waals surface area contributed by atoms with Gasteiger partial charge in [-0.3, -0.25) is 14.9 Å². The lowest BCUT2D eigenvalue weighted by atomic mass is 10.1. The molecule has 0 saturated carbocycles. The number of amides is 1. The van der Waals surface area contributed by atoms with E-state index >= 15 is 0 Å². The Balaban J connectivity index is 1.52. The summed E-state index contributed by atoms with van der Waals surface area (Å²) in [7, 11) is 0. The highest BCUT2D eigenvalue weighted by Gasteiger charge is 2.16. The van der Waals surface area contributed by atoms with E-state index in [-0.39, 0.29) is 29.0 Å². The topological polar surface area (TPSA) is 101 Å². The average molecular weight is 466 g/mol. The van der Waals surface area contributed by atoms with Crippen LogP contribution in [0.15, 0.2) is 78.0 Å². The number of aromatic amines is 1. The van der Waals surface area contributed by atoms with Crippen molar-refractivity contribution in [2.75, 3.05) is 11.1 Å². The third-order valence-electron chi connectivity index (χ3n) is 4.63. The number of anilines is 1. The van der Waals surface area contributed by atoms with Crippen molar-refractivity contribution in [3.8, 4) is 22.5 Å². The van der Waals surface area contributed by atoms with E-state index in [9.17, 15) is 23.7 Å². The molecule has 0 radical (unpaired) electrons. The molecule has 0 bridgehead atoms. The van der Waals surface area contributed by atoms with Crippen molar-refractivity contribution >= 4 is 29.0 Å². The maximum atomic E-state index is 13.4. The Bertz CT molecular complexity index is 1230. The predicted octanol–water partition coefficient (Wildman–Crippen LogP) is 5.66. The van der Waals surface area contributed by atoms with E-state index in [1.807, 2.05) is 0 Å². The number of nitrogens with zero attached hydrogens (tertiary/aromatic N) is 2. The van der Waals surface area contributed by atoms with Gasteiger partial charge in [-0.15, -0.1) is 0 Å². The molecule has 0 saturated heterocycles. The number of carbonyl (C=O) groups is 1. The first kappa shape index (κ1) is 22.2. The van der Waals surface area contributed by atoms with Crippen LogP contribution in [0, 0.1) is 21.7 Å². The molecule has 0 aliphatic carbocycles. The van der Waals surface area contributed by atoms with Gasteiger partial charge in [-0.05, 0) is 60.7 Å². The van der Waals surface area contributed by atoms with Gasteiger partial charge in [0.15, 0.2) is 5.16 Å². The van der Waals surface area contributed by atoms with Crippen LogP contribution in [0.2, 0.25) is 0 Å². The molecule has 4 aromatic rings. The highest BCUT2D eigenvalue weighted by molar-refractivity contribution is 7.99. The fraction of sp³-hybridized carbons (Fsp3) is 0.0435. The molecule has 3 aromatic carbocycles. The van der Waals surface area contributed by atoms with Gasteiger partial charge in [0.1, 0.15) is 11.6 Å². The summed E-state index contributed by atoms with van der Waals surface area (Å²) in [5.41, 5.74) is 2.86. The lowest BCUT2D eigenvalue weighted by Crippen LogP contribution is -2.14. The average Bonchev–Trinajstić information content (AvgIpc) is 3.23. The zero-order chi connectivity index (χ0) is 23.4. The number of aromatic nitrogens is 2. The lowest BCUT2D eigenvalue weighted by Gasteiger charge is -2.04. The van der Waals surface area contributed by atoms with Gasteiger partial charge in [0.2, 0.25) is 5.91 Å². The van der Waals surface area contributed by atoms with Crippen LogP contribution in [0.5, 0.6) is 0 Å². The molecule has 4 rings (SSSR count). The molecule has 33 heavy (non-hydrogen) atoms. The van der Waals surface area contributed by atoms with E-state index in [0.717, 1.165) is 11.8 Å². The quantitative estimate of drug-likeness (QED) is 0.208. The summed E-state index contributed by atoms with van der Waals surface area (Å²) in [5.74, 6) is -1.05. The third-order valence-corrected chi connectivity index (χ3v) is 5.51. The Hall–Kier alpha value is -4.05. The first-order valence-corrected chi connectivity index (χ1v) is 10.7. The molecule has 1 amide bonds. The first-order chi connectivity index (χ1) is 15.9. The minimum Gasteiger partial charge on any atom is -0.332 e. The van der Waals surface area contributed by atoms with Crippen LogP contribution < -0.4 is 5.32 Å². The maximum absolute atomic E-state index is 13.4. The molecule has 0 fully saturated rings. The van der Waals surface area contributed by atoms with E-state index < -0.39 is 4.92 Å².